The molecule has 1 aromatic heterocycles. The topological polar surface area (TPSA) is 80.6 Å². The number of nitrogens with one attached hydrogen (secondary N) is 2. The SMILES string of the molecule is Cc1occc1C(=O)NNC(=O)C1CCCO1. The second-order valence-electron chi connectivity index (χ2n) is 3.84. The van der Waals surface area contributed by atoms with Crippen LogP contribution in [0.25, 0.3) is 0 Å². The number of carbonyl (C=O) groups excluding carboxylic acids is 2. The highest BCUT2D eigenvalue weighted by atomic mass is 16.5. The Morgan fingerprint density at radius 2 is 2.24 bits per heavy atom. The van der Waals surface area contributed by atoms with Crippen LogP contribution in [0.15, 0.2) is 16.7 Å². The van der Waals surface area contributed by atoms with Crippen molar-refractivity contribution in [2.45, 2.75) is 25.9 Å². The van der Waals surface area contributed by atoms with E-state index in [1.807, 2.05) is 0 Å². The third-order valence-corrected chi connectivity index (χ3v) is 2.62. The van der Waals surface area contributed by atoms with Crippen molar-refractivity contribution in [2.75, 3.05) is 6.61 Å². The van der Waals surface area contributed by atoms with Gasteiger partial charge in [-0.1, -0.05) is 0 Å². The van der Waals surface area contributed by atoms with Crippen LogP contribution in [0.5, 0.6) is 0 Å². The molecule has 1 aliphatic rings. The lowest BCUT2D eigenvalue weighted by atomic mass is 10.2. The van der Waals surface area contributed by atoms with Crippen molar-refractivity contribution in [1.82, 2.24) is 10.9 Å². The molecule has 1 aromatic rings. The van der Waals surface area contributed by atoms with Crippen molar-refractivity contribution < 1.29 is 18.7 Å². The Bertz CT molecular complexity index is 421. The molecule has 2 rings (SSSR count). The molecule has 0 bridgehead atoms. The molecule has 1 fully saturated rings. The molecule has 0 aliphatic carbocycles. The first-order chi connectivity index (χ1) is 8.18. The lowest BCUT2D eigenvalue weighted by molar-refractivity contribution is -0.130. The predicted molar refractivity (Wildman–Crippen MR) is 58.0 cm³/mol. The molecular weight excluding hydrogens is 224 g/mol. The van der Waals surface area contributed by atoms with Crippen molar-refractivity contribution in [2.24, 2.45) is 0 Å². The minimum Gasteiger partial charge on any atom is -0.469 e. The summed E-state index contributed by atoms with van der Waals surface area (Å²) in [5, 5.41) is 0. The molecular formula is C11H14N2O4. The Hall–Kier alpha value is -1.82. The van der Waals surface area contributed by atoms with Crippen LogP contribution < -0.4 is 10.9 Å². The third kappa shape index (κ3) is 2.65. The van der Waals surface area contributed by atoms with E-state index in [9.17, 15) is 9.59 Å². The summed E-state index contributed by atoms with van der Waals surface area (Å²) in [4.78, 5) is 23.1. The van der Waals surface area contributed by atoms with Gasteiger partial charge in [0, 0.05) is 6.61 Å². The largest absolute Gasteiger partial charge is 0.469 e. The monoisotopic (exact) mass is 238 g/mol. The second-order valence-corrected chi connectivity index (χ2v) is 3.84. The zero-order chi connectivity index (χ0) is 12.3. The molecule has 2 heterocycles. The van der Waals surface area contributed by atoms with E-state index < -0.39 is 12.0 Å². The lowest BCUT2D eigenvalue weighted by Crippen LogP contribution is -2.46. The minimum absolute atomic E-state index is 0.322. The van der Waals surface area contributed by atoms with Gasteiger partial charge < -0.3 is 9.15 Å². The zero-order valence-corrected chi connectivity index (χ0v) is 9.49. The summed E-state index contributed by atoms with van der Waals surface area (Å²) in [6.45, 7) is 2.27. The first-order valence-corrected chi connectivity index (χ1v) is 5.44. The van der Waals surface area contributed by atoms with Crippen LogP contribution in [-0.2, 0) is 9.53 Å². The number of carbonyl (C=O) groups is 2. The van der Waals surface area contributed by atoms with Crippen LogP contribution in [0.1, 0.15) is 29.0 Å². The number of rotatable bonds is 2. The molecule has 1 atom stereocenters. The fourth-order valence-electron chi connectivity index (χ4n) is 1.67. The second kappa shape index (κ2) is 5.01. The van der Waals surface area contributed by atoms with Crippen molar-refractivity contribution in [3.63, 3.8) is 0 Å². The quantitative estimate of drug-likeness (QED) is 0.736. The van der Waals surface area contributed by atoms with Crippen molar-refractivity contribution in [3.8, 4) is 0 Å². The van der Waals surface area contributed by atoms with Gasteiger partial charge in [-0.3, -0.25) is 20.4 Å². The van der Waals surface area contributed by atoms with E-state index >= 15 is 0 Å². The number of furan rings is 1. The standard InChI is InChI=1S/C11H14N2O4/c1-7-8(4-6-16-7)10(14)12-13-11(15)9-3-2-5-17-9/h4,6,9H,2-3,5H2,1H3,(H,12,14)(H,13,15). The summed E-state index contributed by atoms with van der Waals surface area (Å²) in [5.41, 5.74) is 5.06. The van der Waals surface area contributed by atoms with Gasteiger partial charge in [-0.05, 0) is 25.8 Å². The fourth-order valence-corrected chi connectivity index (χ4v) is 1.67. The Labute approximate surface area is 98.3 Å². The number of hydrazine groups is 1. The number of hydrogen-bond acceptors (Lipinski definition) is 4. The summed E-state index contributed by atoms with van der Waals surface area (Å²) < 4.78 is 10.2. The molecule has 0 aromatic carbocycles. The molecule has 92 valence electrons. The number of hydrogen-bond donors (Lipinski definition) is 2. The molecule has 0 saturated carbocycles. The van der Waals surface area contributed by atoms with Crippen molar-refractivity contribution >= 4 is 11.8 Å². The summed E-state index contributed by atoms with van der Waals surface area (Å²) in [6.07, 6.45) is 2.52. The van der Waals surface area contributed by atoms with Crippen LogP contribution in [-0.4, -0.2) is 24.5 Å². The Kier molecular flexibility index (Phi) is 3.43. The van der Waals surface area contributed by atoms with Gasteiger partial charge in [-0.25, -0.2) is 0 Å². The number of aryl methyl sites for hydroxylation is 1. The molecule has 0 spiro atoms. The van der Waals surface area contributed by atoms with Gasteiger partial charge in [-0.15, -0.1) is 0 Å². The molecule has 1 saturated heterocycles. The van der Waals surface area contributed by atoms with Crippen molar-refractivity contribution in [1.29, 1.82) is 0 Å². The Balaban J connectivity index is 1.84. The van der Waals surface area contributed by atoms with Gasteiger partial charge in [0.05, 0.1) is 11.8 Å². The van der Waals surface area contributed by atoms with E-state index in [2.05, 4.69) is 10.9 Å². The van der Waals surface area contributed by atoms with E-state index in [1.165, 1.54) is 6.26 Å². The lowest BCUT2D eigenvalue weighted by Gasteiger charge is -2.10. The van der Waals surface area contributed by atoms with E-state index in [0.717, 1.165) is 6.42 Å². The van der Waals surface area contributed by atoms with Gasteiger partial charge in [0.1, 0.15) is 11.9 Å². The van der Waals surface area contributed by atoms with Gasteiger partial charge in [0.15, 0.2) is 0 Å². The molecule has 6 heteroatoms. The smallest absolute Gasteiger partial charge is 0.273 e. The molecule has 17 heavy (non-hydrogen) atoms. The Morgan fingerprint density at radius 1 is 1.41 bits per heavy atom. The molecule has 2 amide bonds. The number of amides is 2. The molecule has 1 unspecified atom stereocenters. The summed E-state index contributed by atoms with van der Waals surface area (Å²) in [5.74, 6) is -0.214. The fraction of sp³-hybridized carbons (Fsp3) is 0.455. The van der Waals surface area contributed by atoms with Crippen LogP contribution in [0.2, 0.25) is 0 Å². The first-order valence-electron chi connectivity index (χ1n) is 5.44. The van der Waals surface area contributed by atoms with Crippen LogP contribution in [0.3, 0.4) is 0 Å². The highest BCUT2D eigenvalue weighted by Gasteiger charge is 2.24. The zero-order valence-electron chi connectivity index (χ0n) is 9.49. The maximum Gasteiger partial charge on any atom is 0.273 e. The first kappa shape index (κ1) is 11.7. The minimum atomic E-state index is -0.458. The summed E-state index contributed by atoms with van der Waals surface area (Å²) in [7, 11) is 0. The Morgan fingerprint density at radius 3 is 2.82 bits per heavy atom. The van der Waals surface area contributed by atoms with Crippen molar-refractivity contribution in [3.05, 3.63) is 23.7 Å². The van der Waals surface area contributed by atoms with Crippen LogP contribution in [0, 0.1) is 6.92 Å². The van der Waals surface area contributed by atoms with E-state index in [0.29, 0.717) is 24.4 Å². The van der Waals surface area contributed by atoms with Gasteiger partial charge >= 0.3 is 0 Å². The summed E-state index contributed by atoms with van der Waals surface area (Å²) in [6, 6.07) is 1.54. The normalized spacial score (nSPS) is 19.0. The average Bonchev–Trinajstić information content (AvgIpc) is 2.95. The molecule has 0 radical (unpaired) electrons. The highest BCUT2D eigenvalue weighted by Crippen LogP contribution is 2.11. The van der Waals surface area contributed by atoms with Crippen LogP contribution in [0.4, 0.5) is 0 Å². The molecule has 2 N–H and O–H groups in total. The molecule has 6 nitrogen and oxygen atoms in total. The summed E-state index contributed by atoms with van der Waals surface area (Å²) >= 11 is 0. The van der Waals surface area contributed by atoms with E-state index in [4.69, 9.17) is 9.15 Å². The van der Waals surface area contributed by atoms with Gasteiger partial charge in [-0.2, -0.15) is 0 Å². The number of ether oxygens (including phenoxy) is 1. The average molecular weight is 238 g/mol. The van der Waals surface area contributed by atoms with Crippen LogP contribution >= 0.6 is 0 Å². The maximum atomic E-state index is 11.6. The van der Waals surface area contributed by atoms with Gasteiger partial charge in [0.25, 0.3) is 11.8 Å². The molecule has 1 aliphatic heterocycles. The maximum absolute atomic E-state index is 11.6. The third-order valence-electron chi connectivity index (χ3n) is 2.62. The predicted octanol–water partition coefficient (Wildman–Crippen LogP) is 0.528. The van der Waals surface area contributed by atoms with E-state index in [-0.39, 0.29) is 5.91 Å². The van der Waals surface area contributed by atoms with Gasteiger partial charge in [0.2, 0.25) is 0 Å². The van der Waals surface area contributed by atoms with E-state index in [1.54, 1.807) is 13.0 Å². The highest BCUT2D eigenvalue weighted by molar-refractivity contribution is 5.96.